The minimum atomic E-state index is -0.526. The van der Waals surface area contributed by atoms with Gasteiger partial charge >= 0.3 is 0 Å². The van der Waals surface area contributed by atoms with Gasteiger partial charge in [0.25, 0.3) is 0 Å². The standard InChI is InChI=1S/C18H22O3/c1-13-4-9-17(14(2)19)18(12-13)21-11-10-15-5-7-16(20-3)8-6-15/h4-9,12,14,19H,10-11H2,1-3H3. The molecule has 3 heteroatoms. The van der Waals surface area contributed by atoms with Gasteiger partial charge in [0.1, 0.15) is 11.5 Å². The molecule has 0 heterocycles. The molecule has 2 aromatic carbocycles. The summed E-state index contributed by atoms with van der Waals surface area (Å²) in [7, 11) is 1.66. The van der Waals surface area contributed by atoms with Gasteiger partial charge in [0.05, 0.1) is 19.8 Å². The van der Waals surface area contributed by atoms with Crippen LogP contribution in [0.15, 0.2) is 42.5 Å². The van der Waals surface area contributed by atoms with E-state index < -0.39 is 6.10 Å². The SMILES string of the molecule is COc1ccc(CCOc2cc(C)ccc2C(C)O)cc1. The summed E-state index contributed by atoms with van der Waals surface area (Å²) in [5.41, 5.74) is 3.15. The summed E-state index contributed by atoms with van der Waals surface area (Å²) in [6, 6.07) is 13.8. The molecular weight excluding hydrogens is 264 g/mol. The van der Waals surface area contributed by atoms with E-state index in [1.807, 2.05) is 49.4 Å². The van der Waals surface area contributed by atoms with Gasteiger partial charge in [-0.3, -0.25) is 0 Å². The monoisotopic (exact) mass is 286 g/mol. The van der Waals surface area contributed by atoms with Gasteiger partial charge in [0.15, 0.2) is 0 Å². The van der Waals surface area contributed by atoms with Crippen molar-refractivity contribution in [3.8, 4) is 11.5 Å². The number of methoxy groups -OCH3 is 1. The fourth-order valence-corrected chi connectivity index (χ4v) is 2.18. The molecule has 3 nitrogen and oxygen atoms in total. The van der Waals surface area contributed by atoms with E-state index in [1.165, 1.54) is 5.56 Å². The first-order chi connectivity index (χ1) is 10.1. The van der Waals surface area contributed by atoms with Gasteiger partial charge in [0.2, 0.25) is 0 Å². The summed E-state index contributed by atoms with van der Waals surface area (Å²) in [5.74, 6) is 1.62. The summed E-state index contributed by atoms with van der Waals surface area (Å²) in [6.07, 6.45) is 0.290. The van der Waals surface area contributed by atoms with E-state index in [0.717, 1.165) is 29.0 Å². The predicted molar refractivity (Wildman–Crippen MR) is 84.0 cm³/mol. The molecule has 0 saturated carbocycles. The maximum atomic E-state index is 9.78. The minimum absolute atomic E-state index is 0.526. The predicted octanol–water partition coefficient (Wildman–Crippen LogP) is 3.68. The lowest BCUT2D eigenvalue weighted by molar-refractivity contribution is 0.191. The Morgan fingerprint density at radius 3 is 2.43 bits per heavy atom. The van der Waals surface area contributed by atoms with Crippen molar-refractivity contribution in [3.05, 3.63) is 59.2 Å². The molecule has 1 unspecified atom stereocenters. The van der Waals surface area contributed by atoms with Crippen LogP contribution in [0.5, 0.6) is 11.5 Å². The van der Waals surface area contributed by atoms with Crippen LogP contribution in [-0.2, 0) is 6.42 Å². The van der Waals surface area contributed by atoms with Crippen LogP contribution in [0, 0.1) is 6.92 Å². The van der Waals surface area contributed by atoms with Crippen LogP contribution in [0.25, 0.3) is 0 Å². The van der Waals surface area contributed by atoms with E-state index in [0.29, 0.717) is 6.61 Å². The zero-order chi connectivity index (χ0) is 15.2. The van der Waals surface area contributed by atoms with Crippen molar-refractivity contribution in [1.82, 2.24) is 0 Å². The van der Waals surface area contributed by atoms with Gasteiger partial charge in [0, 0.05) is 12.0 Å². The molecule has 0 bridgehead atoms. The molecule has 1 atom stereocenters. The Morgan fingerprint density at radius 1 is 1.10 bits per heavy atom. The van der Waals surface area contributed by atoms with Crippen LogP contribution >= 0.6 is 0 Å². The molecule has 0 saturated heterocycles. The highest BCUT2D eigenvalue weighted by Crippen LogP contribution is 2.26. The molecule has 0 aliphatic carbocycles. The van der Waals surface area contributed by atoms with E-state index in [4.69, 9.17) is 9.47 Å². The van der Waals surface area contributed by atoms with E-state index in [9.17, 15) is 5.11 Å². The Labute approximate surface area is 126 Å². The Hall–Kier alpha value is -2.00. The summed E-state index contributed by atoms with van der Waals surface area (Å²) < 4.78 is 11.0. The highest BCUT2D eigenvalue weighted by Gasteiger charge is 2.09. The Kier molecular flexibility index (Phi) is 5.23. The summed E-state index contributed by atoms with van der Waals surface area (Å²) in [4.78, 5) is 0. The first kappa shape index (κ1) is 15.4. The molecule has 0 amide bonds. The molecule has 21 heavy (non-hydrogen) atoms. The summed E-state index contributed by atoms with van der Waals surface area (Å²) in [6.45, 7) is 4.35. The number of aryl methyl sites for hydroxylation is 1. The third-order valence-corrected chi connectivity index (χ3v) is 3.43. The lowest BCUT2D eigenvalue weighted by Gasteiger charge is -2.14. The van der Waals surface area contributed by atoms with E-state index in [2.05, 4.69) is 0 Å². The fraction of sp³-hybridized carbons (Fsp3) is 0.333. The molecule has 0 aliphatic heterocycles. The normalized spacial score (nSPS) is 12.0. The van der Waals surface area contributed by atoms with Crippen molar-refractivity contribution >= 4 is 0 Å². The largest absolute Gasteiger partial charge is 0.497 e. The molecule has 0 aliphatic rings. The average Bonchev–Trinajstić information content (AvgIpc) is 2.48. The number of rotatable bonds is 6. The maximum Gasteiger partial charge on any atom is 0.125 e. The Bertz CT molecular complexity index is 574. The van der Waals surface area contributed by atoms with Crippen LogP contribution in [-0.4, -0.2) is 18.8 Å². The lowest BCUT2D eigenvalue weighted by atomic mass is 10.1. The van der Waals surface area contributed by atoms with E-state index in [-0.39, 0.29) is 0 Å². The second-order valence-corrected chi connectivity index (χ2v) is 5.16. The average molecular weight is 286 g/mol. The molecular formula is C18H22O3. The number of ether oxygens (including phenoxy) is 2. The number of aliphatic hydroxyl groups is 1. The van der Waals surface area contributed by atoms with Crippen LogP contribution in [0.2, 0.25) is 0 Å². The molecule has 0 aromatic heterocycles. The topological polar surface area (TPSA) is 38.7 Å². The van der Waals surface area contributed by atoms with Gasteiger partial charge in [-0.25, -0.2) is 0 Å². The van der Waals surface area contributed by atoms with E-state index in [1.54, 1.807) is 14.0 Å². The van der Waals surface area contributed by atoms with Crippen LogP contribution < -0.4 is 9.47 Å². The number of aliphatic hydroxyl groups excluding tert-OH is 1. The third kappa shape index (κ3) is 4.23. The van der Waals surface area contributed by atoms with Crippen LogP contribution in [0.3, 0.4) is 0 Å². The second-order valence-electron chi connectivity index (χ2n) is 5.16. The van der Waals surface area contributed by atoms with Crippen molar-refractivity contribution in [2.24, 2.45) is 0 Å². The molecule has 0 spiro atoms. The Morgan fingerprint density at radius 2 is 1.81 bits per heavy atom. The van der Waals surface area contributed by atoms with Crippen LogP contribution in [0.4, 0.5) is 0 Å². The molecule has 2 rings (SSSR count). The number of hydrogen-bond acceptors (Lipinski definition) is 3. The smallest absolute Gasteiger partial charge is 0.125 e. The molecule has 112 valence electrons. The number of benzene rings is 2. The fourth-order valence-electron chi connectivity index (χ4n) is 2.18. The molecule has 2 aromatic rings. The lowest BCUT2D eigenvalue weighted by Crippen LogP contribution is -2.05. The zero-order valence-electron chi connectivity index (χ0n) is 12.8. The second kappa shape index (κ2) is 7.14. The first-order valence-electron chi connectivity index (χ1n) is 7.14. The highest BCUT2D eigenvalue weighted by atomic mass is 16.5. The van der Waals surface area contributed by atoms with Crippen molar-refractivity contribution in [2.45, 2.75) is 26.4 Å². The molecule has 1 N–H and O–H groups in total. The quantitative estimate of drug-likeness (QED) is 0.880. The third-order valence-electron chi connectivity index (χ3n) is 3.43. The Balaban J connectivity index is 1.97. The van der Waals surface area contributed by atoms with Gasteiger partial charge in [-0.05, 0) is 43.2 Å². The van der Waals surface area contributed by atoms with Gasteiger partial charge < -0.3 is 14.6 Å². The minimum Gasteiger partial charge on any atom is -0.497 e. The van der Waals surface area contributed by atoms with Crippen molar-refractivity contribution in [1.29, 1.82) is 0 Å². The van der Waals surface area contributed by atoms with Crippen molar-refractivity contribution in [3.63, 3.8) is 0 Å². The van der Waals surface area contributed by atoms with E-state index >= 15 is 0 Å². The summed E-state index contributed by atoms with van der Waals surface area (Å²) >= 11 is 0. The zero-order valence-corrected chi connectivity index (χ0v) is 12.8. The van der Waals surface area contributed by atoms with Gasteiger partial charge in [-0.15, -0.1) is 0 Å². The van der Waals surface area contributed by atoms with Crippen molar-refractivity contribution < 1.29 is 14.6 Å². The van der Waals surface area contributed by atoms with Crippen LogP contribution in [0.1, 0.15) is 29.7 Å². The molecule has 0 fully saturated rings. The first-order valence-corrected chi connectivity index (χ1v) is 7.14. The maximum absolute atomic E-state index is 9.78. The summed E-state index contributed by atoms with van der Waals surface area (Å²) in [5, 5.41) is 9.78. The van der Waals surface area contributed by atoms with Gasteiger partial charge in [-0.2, -0.15) is 0 Å². The highest BCUT2D eigenvalue weighted by molar-refractivity contribution is 5.38. The van der Waals surface area contributed by atoms with Gasteiger partial charge in [-0.1, -0.05) is 24.3 Å². The number of hydrogen-bond donors (Lipinski definition) is 1. The van der Waals surface area contributed by atoms with Crippen molar-refractivity contribution in [2.75, 3.05) is 13.7 Å². The molecule has 0 radical (unpaired) electrons.